The van der Waals surface area contributed by atoms with E-state index in [0.717, 1.165) is 0 Å². The van der Waals surface area contributed by atoms with Gasteiger partial charge in [-0.2, -0.15) is 0 Å². The summed E-state index contributed by atoms with van der Waals surface area (Å²) >= 11 is 16.9. The third-order valence-electron chi connectivity index (χ3n) is 2.17. The number of thiocarbonyl (C=S) groups is 1. The molecule has 0 aliphatic carbocycles. The molecular weight excluding hydrogens is 307 g/mol. The van der Waals surface area contributed by atoms with Crippen molar-refractivity contribution in [1.82, 2.24) is 5.32 Å². The molecule has 0 fully saturated rings. The molecule has 0 spiro atoms. The quantitative estimate of drug-likeness (QED) is 0.830. The van der Waals surface area contributed by atoms with Crippen molar-refractivity contribution in [2.75, 3.05) is 5.32 Å². The van der Waals surface area contributed by atoms with Gasteiger partial charge in [-0.05, 0) is 36.5 Å². The maximum absolute atomic E-state index is 11.7. The van der Waals surface area contributed by atoms with Crippen LogP contribution in [0.5, 0.6) is 0 Å². The van der Waals surface area contributed by atoms with Crippen LogP contribution in [0.25, 0.3) is 0 Å². The lowest BCUT2D eigenvalue weighted by molar-refractivity contribution is 0.0950. The van der Waals surface area contributed by atoms with E-state index < -0.39 is 5.91 Å². The molecule has 2 aromatic rings. The van der Waals surface area contributed by atoms with E-state index in [9.17, 15) is 4.79 Å². The minimum atomic E-state index is -0.444. The van der Waals surface area contributed by atoms with Gasteiger partial charge < -0.3 is 9.73 Å². The van der Waals surface area contributed by atoms with Crippen LogP contribution in [0.2, 0.25) is 10.0 Å². The van der Waals surface area contributed by atoms with Gasteiger partial charge in [-0.3, -0.25) is 10.1 Å². The maximum Gasteiger partial charge on any atom is 0.293 e. The van der Waals surface area contributed by atoms with Gasteiger partial charge in [0.25, 0.3) is 5.91 Å². The van der Waals surface area contributed by atoms with Crippen molar-refractivity contribution in [1.29, 1.82) is 0 Å². The Morgan fingerprint density at radius 1 is 1.21 bits per heavy atom. The van der Waals surface area contributed by atoms with Gasteiger partial charge in [0.1, 0.15) is 0 Å². The lowest BCUT2D eigenvalue weighted by atomic mass is 10.3. The number of amides is 1. The van der Waals surface area contributed by atoms with E-state index in [-0.39, 0.29) is 10.9 Å². The molecule has 0 saturated carbocycles. The summed E-state index contributed by atoms with van der Waals surface area (Å²) < 4.78 is 4.94. The van der Waals surface area contributed by atoms with Crippen molar-refractivity contribution in [3.05, 3.63) is 52.4 Å². The van der Waals surface area contributed by atoms with Crippen LogP contribution in [0.4, 0.5) is 5.69 Å². The van der Waals surface area contributed by atoms with E-state index in [0.29, 0.717) is 15.7 Å². The highest BCUT2D eigenvalue weighted by Gasteiger charge is 2.11. The molecule has 0 aliphatic heterocycles. The average Bonchev–Trinajstić information content (AvgIpc) is 2.88. The van der Waals surface area contributed by atoms with Gasteiger partial charge in [0.2, 0.25) is 0 Å². The highest BCUT2D eigenvalue weighted by molar-refractivity contribution is 7.80. The minimum absolute atomic E-state index is 0.102. The summed E-state index contributed by atoms with van der Waals surface area (Å²) in [4.78, 5) is 11.7. The number of carbonyl (C=O) groups excluding carboxylic acids is 1. The van der Waals surface area contributed by atoms with Gasteiger partial charge in [0.15, 0.2) is 10.9 Å². The molecule has 0 radical (unpaired) electrons. The van der Waals surface area contributed by atoms with Crippen molar-refractivity contribution in [2.45, 2.75) is 0 Å². The Kier molecular flexibility index (Phi) is 4.42. The molecule has 1 amide bonds. The van der Waals surface area contributed by atoms with Gasteiger partial charge in [-0.25, -0.2) is 0 Å². The fourth-order valence-corrected chi connectivity index (χ4v) is 1.88. The van der Waals surface area contributed by atoms with Crippen LogP contribution < -0.4 is 10.6 Å². The Morgan fingerprint density at radius 2 is 2.00 bits per heavy atom. The van der Waals surface area contributed by atoms with E-state index in [1.165, 1.54) is 12.3 Å². The first-order valence-corrected chi connectivity index (χ1v) is 6.34. The summed E-state index contributed by atoms with van der Waals surface area (Å²) in [6.07, 6.45) is 1.40. The topological polar surface area (TPSA) is 54.3 Å². The standard InChI is InChI=1S/C12H8Cl2N2O2S/c13-7-3-1-4-8(10(7)14)15-12(19)16-11(17)9-5-2-6-18-9/h1-6H,(H2,15,16,17,19). The summed E-state index contributed by atoms with van der Waals surface area (Å²) in [7, 11) is 0. The first-order valence-electron chi connectivity index (χ1n) is 5.18. The average molecular weight is 315 g/mol. The second kappa shape index (κ2) is 6.06. The van der Waals surface area contributed by atoms with Crippen molar-refractivity contribution in [2.24, 2.45) is 0 Å². The largest absolute Gasteiger partial charge is 0.459 e. The Morgan fingerprint density at radius 3 is 2.68 bits per heavy atom. The second-order valence-electron chi connectivity index (χ2n) is 3.49. The number of anilines is 1. The van der Waals surface area contributed by atoms with Crippen LogP contribution in [0.3, 0.4) is 0 Å². The van der Waals surface area contributed by atoms with Gasteiger partial charge in [0, 0.05) is 0 Å². The Labute approximate surface area is 124 Å². The fraction of sp³-hybridized carbons (Fsp3) is 0. The molecule has 0 atom stereocenters. The Balaban J connectivity index is 2.02. The minimum Gasteiger partial charge on any atom is -0.459 e. The van der Waals surface area contributed by atoms with Crippen LogP contribution in [-0.4, -0.2) is 11.0 Å². The summed E-state index contributed by atoms with van der Waals surface area (Å²) in [5, 5.41) is 6.08. The molecule has 1 heterocycles. The number of hydrogen-bond donors (Lipinski definition) is 2. The first-order chi connectivity index (χ1) is 9.08. The van der Waals surface area contributed by atoms with E-state index in [1.807, 2.05) is 0 Å². The molecule has 1 aromatic heterocycles. The lowest BCUT2D eigenvalue weighted by Gasteiger charge is -2.10. The number of benzene rings is 1. The van der Waals surface area contributed by atoms with Crippen LogP contribution in [-0.2, 0) is 0 Å². The molecule has 0 unspecified atom stereocenters. The summed E-state index contributed by atoms with van der Waals surface area (Å²) in [6, 6.07) is 8.20. The normalized spacial score (nSPS) is 10.0. The molecule has 1 aromatic carbocycles. The number of nitrogens with one attached hydrogen (secondary N) is 2. The van der Waals surface area contributed by atoms with Crippen molar-refractivity contribution in [3.8, 4) is 0 Å². The summed E-state index contributed by atoms with van der Waals surface area (Å²) in [5.74, 6) is -0.276. The predicted octanol–water partition coefficient (Wildman–Crippen LogP) is 3.71. The van der Waals surface area contributed by atoms with Crippen molar-refractivity contribution >= 4 is 52.1 Å². The molecule has 98 valence electrons. The highest BCUT2D eigenvalue weighted by atomic mass is 35.5. The van der Waals surface area contributed by atoms with E-state index in [2.05, 4.69) is 10.6 Å². The molecular formula is C12H8Cl2N2O2S. The SMILES string of the molecule is O=C(NC(=S)Nc1cccc(Cl)c1Cl)c1ccco1. The maximum atomic E-state index is 11.7. The van der Waals surface area contributed by atoms with Gasteiger partial charge >= 0.3 is 0 Å². The van der Waals surface area contributed by atoms with Crippen LogP contribution in [0, 0.1) is 0 Å². The lowest BCUT2D eigenvalue weighted by Crippen LogP contribution is -2.33. The number of halogens is 2. The highest BCUT2D eigenvalue weighted by Crippen LogP contribution is 2.29. The van der Waals surface area contributed by atoms with Gasteiger partial charge in [0.05, 0.1) is 22.0 Å². The fourth-order valence-electron chi connectivity index (χ4n) is 1.33. The predicted molar refractivity (Wildman–Crippen MR) is 78.9 cm³/mol. The van der Waals surface area contributed by atoms with Crippen molar-refractivity contribution < 1.29 is 9.21 Å². The molecule has 19 heavy (non-hydrogen) atoms. The van der Waals surface area contributed by atoms with Crippen LogP contribution >= 0.6 is 35.4 Å². The van der Waals surface area contributed by atoms with Gasteiger partial charge in [-0.15, -0.1) is 0 Å². The third-order valence-corrected chi connectivity index (χ3v) is 3.19. The molecule has 2 N–H and O–H groups in total. The van der Waals surface area contributed by atoms with E-state index >= 15 is 0 Å². The van der Waals surface area contributed by atoms with Crippen LogP contribution in [0.15, 0.2) is 41.0 Å². The molecule has 4 nitrogen and oxygen atoms in total. The van der Waals surface area contributed by atoms with Crippen LogP contribution in [0.1, 0.15) is 10.6 Å². The summed E-state index contributed by atoms with van der Waals surface area (Å²) in [6.45, 7) is 0. The van der Waals surface area contributed by atoms with E-state index in [4.69, 9.17) is 39.8 Å². The smallest absolute Gasteiger partial charge is 0.293 e. The zero-order valence-electron chi connectivity index (χ0n) is 9.44. The molecule has 0 bridgehead atoms. The zero-order chi connectivity index (χ0) is 13.8. The monoisotopic (exact) mass is 314 g/mol. The summed E-state index contributed by atoms with van der Waals surface area (Å²) in [5.41, 5.74) is 0.513. The second-order valence-corrected chi connectivity index (χ2v) is 4.68. The van der Waals surface area contributed by atoms with E-state index in [1.54, 1.807) is 24.3 Å². The molecule has 0 saturated heterocycles. The number of carbonyl (C=O) groups is 1. The third kappa shape index (κ3) is 3.47. The van der Waals surface area contributed by atoms with Gasteiger partial charge in [-0.1, -0.05) is 29.3 Å². The Bertz CT molecular complexity index is 614. The van der Waals surface area contributed by atoms with Crippen molar-refractivity contribution in [3.63, 3.8) is 0 Å². The molecule has 2 rings (SSSR count). The first kappa shape index (κ1) is 13.9. The zero-order valence-corrected chi connectivity index (χ0v) is 11.8. The number of rotatable bonds is 2. The molecule has 0 aliphatic rings. The Hall–Kier alpha value is -1.56. The number of hydrogen-bond acceptors (Lipinski definition) is 3. The molecule has 7 heteroatoms. The number of furan rings is 1.